The predicted molar refractivity (Wildman–Crippen MR) is 105 cm³/mol. The number of rotatable bonds is 7. The van der Waals surface area contributed by atoms with Crippen molar-refractivity contribution in [3.05, 3.63) is 71.9 Å². The fourth-order valence-electron chi connectivity index (χ4n) is 3.37. The minimum atomic E-state index is -0.351. The molecule has 0 bridgehead atoms. The topological polar surface area (TPSA) is 43.3 Å². The number of nitrogens with one attached hydrogen (secondary N) is 1. The van der Waals surface area contributed by atoms with Gasteiger partial charge < -0.3 is 14.6 Å². The van der Waals surface area contributed by atoms with Crippen molar-refractivity contribution in [2.45, 2.75) is 38.9 Å². The number of benzene rings is 2. The zero-order valence-corrected chi connectivity index (χ0v) is 15.6. The molecule has 0 spiro atoms. The SMILES string of the molecule is COC(=O)[C@H](Cc1cn(Cc2ccccc2)c2ccccc12)NC(C)C. The van der Waals surface area contributed by atoms with E-state index in [9.17, 15) is 4.79 Å². The Labute approximate surface area is 154 Å². The van der Waals surface area contributed by atoms with Crippen LogP contribution in [0.2, 0.25) is 0 Å². The summed E-state index contributed by atoms with van der Waals surface area (Å²) in [4.78, 5) is 12.2. The molecule has 2 aromatic carbocycles. The molecule has 1 heterocycles. The highest BCUT2D eigenvalue weighted by molar-refractivity contribution is 5.85. The van der Waals surface area contributed by atoms with Crippen LogP contribution in [0.4, 0.5) is 0 Å². The monoisotopic (exact) mass is 350 g/mol. The van der Waals surface area contributed by atoms with Gasteiger partial charge in [0.25, 0.3) is 0 Å². The van der Waals surface area contributed by atoms with Crippen LogP contribution >= 0.6 is 0 Å². The van der Waals surface area contributed by atoms with E-state index >= 15 is 0 Å². The highest BCUT2D eigenvalue weighted by atomic mass is 16.5. The smallest absolute Gasteiger partial charge is 0.323 e. The maximum atomic E-state index is 12.2. The van der Waals surface area contributed by atoms with Gasteiger partial charge in [-0.3, -0.25) is 4.79 Å². The van der Waals surface area contributed by atoms with Gasteiger partial charge in [-0.1, -0.05) is 62.4 Å². The minimum Gasteiger partial charge on any atom is -0.468 e. The summed E-state index contributed by atoms with van der Waals surface area (Å²) in [6, 6.07) is 18.6. The van der Waals surface area contributed by atoms with E-state index in [0.29, 0.717) is 6.42 Å². The number of nitrogens with zero attached hydrogens (tertiary/aromatic N) is 1. The highest BCUT2D eigenvalue weighted by Crippen LogP contribution is 2.24. The second kappa shape index (κ2) is 8.19. The van der Waals surface area contributed by atoms with Crippen LogP contribution in [0.15, 0.2) is 60.8 Å². The van der Waals surface area contributed by atoms with Crippen molar-refractivity contribution in [2.75, 3.05) is 7.11 Å². The van der Waals surface area contributed by atoms with Gasteiger partial charge in [-0.2, -0.15) is 0 Å². The Morgan fingerprint density at radius 2 is 1.77 bits per heavy atom. The van der Waals surface area contributed by atoms with Gasteiger partial charge in [-0.25, -0.2) is 0 Å². The molecule has 0 saturated heterocycles. The molecule has 0 amide bonds. The number of hydrogen-bond donors (Lipinski definition) is 1. The molecule has 0 aliphatic heterocycles. The zero-order valence-electron chi connectivity index (χ0n) is 15.6. The summed E-state index contributed by atoms with van der Waals surface area (Å²) in [5.41, 5.74) is 3.59. The summed E-state index contributed by atoms with van der Waals surface area (Å²) in [6.45, 7) is 4.88. The number of para-hydroxylation sites is 1. The van der Waals surface area contributed by atoms with Crippen LogP contribution < -0.4 is 5.32 Å². The van der Waals surface area contributed by atoms with Crippen molar-refractivity contribution in [3.8, 4) is 0 Å². The molecule has 0 unspecified atom stereocenters. The Bertz CT molecular complexity index is 868. The molecule has 4 heteroatoms. The third-order valence-corrected chi connectivity index (χ3v) is 4.51. The van der Waals surface area contributed by atoms with E-state index in [0.717, 1.165) is 12.1 Å². The van der Waals surface area contributed by atoms with Gasteiger partial charge in [0, 0.05) is 36.1 Å². The molecule has 3 rings (SSSR count). The molecule has 0 radical (unpaired) electrons. The fraction of sp³-hybridized carbons (Fsp3) is 0.318. The van der Waals surface area contributed by atoms with E-state index in [2.05, 4.69) is 58.5 Å². The summed E-state index contributed by atoms with van der Waals surface area (Å²) in [7, 11) is 1.44. The molecule has 136 valence electrons. The molecule has 0 aliphatic rings. The number of fused-ring (bicyclic) bond motifs is 1. The van der Waals surface area contributed by atoms with Crippen molar-refractivity contribution >= 4 is 16.9 Å². The van der Waals surface area contributed by atoms with E-state index in [1.54, 1.807) is 0 Å². The lowest BCUT2D eigenvalue weighted by molar-refractivity contribution is -0.143. The molecule has 0 saturated carbocycles. The van der Waals surface area contributed by atoms with E-state index < -0.39 is 0 Å². The van der Waals surface area contributed by atoms with E-state index in [1.807, 2.05) is 26.0 Å². The Morgan fingerprint density at radius 3 is 2.46 bits per heavy atom. The van der Waals surface area contributed by atoms with Crippen molar-refractivity contribution in [2.24, 2.45) is 0 Å². The summed E-state index contributed by atoms with van der Waals surface area (Å²) in [6.07, 6.45) is 2.77. The molecule has 1 aromatic heterocycles. The van der Waals surface area contributed by atoms with Crippen LogP contribution in [0.3, 0.4) is 0 Å². The van der Waals surface area contributed by atoms with E-state index in [-0.39, 0.29) is 18.1 Å². The fourth-order valence-corrected chi connectivity index (χ4v) is 3.37. The number of ether oxygens (including phenoxy) is 1. The lowest BCUT2D eigenvalue weighted by Crippen LogP contribution is -2.43. The Hall–Kier alpha value is -2.59. The molecule has 26 heavy (non-hydrogen) atoms. The second-order valence-corrected chi connectivity index (χ2v) is 6.89. The number of aromatic nitrogens is 1. The number of carbonyl (C=O) groups is 1. The number of carbonyl (C=O) groups excluding carboxylic acids is 1. The number of esters is 1. The lowest BCUT2D eigenvalue weighted by Gasteiger charge is -2.18. The molecule has 1 atom stereocenters. The average molecular weight is 350 g/mol. The van der Waals surface area contributed by atoms with Gasteiger partial charge in [0.05, 0.1) is 7.11 Å². The largest absolute Gasteiger partial charge is 0.468 e. The van der Waals surface area contributed by atoms with Crippen LogP contribution in [-0.2, 0) is 22.5 Å². The third-order valence-electron chi connectivity index (χ3n) is 4.51. The van der Waals surface area contributed by atoms with Gasteiger partial charge in [0.1, 0.15) is 6.04 Å². The van der Waals surface area contributed by atoms with Gasteiger partial charge in [-0.15, -0.1) is 0 Å². The predicted octanol–water partition coefficient (Wildman–Crippen LogP) is 3.77. The van der Waals surface area contributed by atoms with Crippen molar-refractivity contribution in [3.63, 3.8) is 0 Å². The Balaban J connectivity index is 1.94. The first-order chi connectivity index (χ1) is 12.6. The first kappa shape index (κ1) is 18.2. The second-order valence-electron chi connectivity index (χ2n) is 6.89. The molecule has 3 aromatic rings. The first-order valence-corrected chi connectivity index (χ1v) is 9.03. The minimum absolute atomic E-state index is 0.205. The van der Waals surface area contributed by atoms with Crippen LogP contribution in [0.25, 0.3) is 10.9 Å². The Kier molecular flexibility index (Phi) is 5.74. The van der Waals surface area contributed by atoms with Crippen molar-refractivity contribution < 1.29 is 9.53 Å². The zero-order chi connectivity index (χ0) is 18.5. The van der Waals surface area contributed by atoms with Crippen LogP contribution in [0.1, 0.15) is 25.0 Å². The van der Waals surface area contributed by atoms with E-state index in [4.69, 9.17) is 4.74 Å². The van der Waals surface area contributed by atoms with Crippen LogP contribution in [-0.4, -0.2) is 29.7 Å². The van der Waals surface area contributed by atoms with Gasteiger partial charge in [0.2, 0.25) is 0 Å². The quantitative estimate of drug-likeness (QED) is 0.660. The first-order valence-electron chi connectivity index (χ1n) is 9.03. The van der Waals surface area contributed by atoms with Gasteiger partial charge in [0.15, 0.2) is 0 Å². The molecule has 1 N–H and O–H groups in total. The summed E-state index contributed by atoms with van der Waals surface area (Å²) in [5.74, 6) is -0.224. The Morgan fingerprint density at radius 1 is 1.08 bits per heavy atom. The third kappa shape index (κ3) is 4.14. The number of methoxy groups -OCH3 is 1. The maximum absolute atomic E-state index is 12.2. The molecule has 0 aliphatic carbocycles. The van der Waals surface area contributed by atoms with Crippen LogP contribution in [0, 0.1) is 0 Å². The van der Waals surface area contributed by atoms with E-state index in [1.165, 1.54) is 23.6 Å². The standard InChI is InChI=1S/C22H26N2O2/c1-16(2)23-20(22(25)26-3)13-18-15-24(14-17-9-5-4-6-10-17)21-12-8-7-11-19(18)21/h4-12,15-16,20,23H,13-14H2,1-3H3/t20-/m0/s1. The van der Waals surface area contributed by atoms with Crippen molar-refractivity contribution in [1.29, 1.82) is 0 Å². The van der Waals surface area contributed by atoms with Gasteiger partial charge >= 0.3 is 5.97 Å². The summed E-state index contributed by atoms with van der Waals surface area (Å²) < 4.78 is 7.25. The van der Waals surface area contributed by atoms with Gasteiger partial charge in [-0.05, 0) is 17.2 Å². The molecular formula is C22H26N2O2. The normalized spacial score (nSPS) is 12.5. The molecular weight excluding hydrogens is 324 g/mol. The average Bonchev–Trinajstić information content (AvgIpc) is 2.99. The molecule has 0 fully saturated rings. The maximum Gasteiger partial charge on any atom is 0.323 e. The number of hydrogen-bond acceptors (Lipinski definition) is 3. The lowest BCUT2D eigenvalue weighted by atomic mass is 10.0. The van der Waals surface area contributed by atoms with Crippen molar-refractivity contribution in [1.82, 2.24) is 9.88 Å². The summed E-state index contributed by atoms with van der Waals surface area (Å²) in [5, 5.41) is 4.50. The summed E-state index contributed by atoms with van der Waals surface area (Å²) >= 11 is 0. The van der Waals surface area contributed by atoms with Crippen LogP contribution in [0.5, 0.6) is 0 Å². The highest BCUT2D eigenvalue weighted by Gasteiger charge is 2.22. The molecule has 4 nitrogen and oxygen atoms in total.